The van der Waals surface area contributed by atoms with E-state index in [4.69, 9.17) is 0 Å². The van der Waals surface area contributed by atoms with Gasteiger partial charge in [-0.3, -0.25) is 14.6 Å². The number of nitrogens with one attached hydrogen (secondary N) is 1. The number of aromatic nitrogens is 1. The summed E-state index contributed by atoms with van der Waals surface area (Å²) >= 11 is 0. The van der Waals surface area contributed by atoms with Crippen LogP contribution in [0.5, 0.6) is 0 Å². The van der Waals surface area contributed by atoms with E-state index >= 15 is 0 Å². The lowest BCUT2D eigenvalue weighted by Crippen LogP contribution is -2.51. The molecule has 0 aliphatic carbocycles. The Morgan fingerprint density at radius 2 is 1.61 bits per heavy atom. The van der Waals surface area contributed by atoms with E-state index < -0.39 is 5.41 Å². The van der Waals surface area contributed by atoms with Crippen LogP contribution in [-0.4, -0.2) is 41.3 Å². The Labute approximate surface area is 195 Å². The van der Waals surface area contributed by atoms with Crippen molar-refractivity contribution in [3.63, 3.8) is 0 Å². The van der Waals surface area contributed by atoms with E-state index in [2.05, 4.69) is 41.5 Å². The van der Waals surface area contributed by atoms with E-state index in [0.29, 0.717) is 44.5 Å². The summed E-state index contributed by atoms with van der Waals surface area (Å²) < 4.78 is 0. The fourth-order valence-corrected chi connectivity index (χ4v) is 4.66. The summed E-state index contributed by atoms with van der Waals surface area (Å²) in [6, 6.07) is 22.2. The van der Waals surface area contributed by atoms with Gasteiger partial charge in [0, 0.05) is 37.6 Å². The molecule has 2 amide bonds. The molecule has 2 heterocycles. The van der Waals surface area contributed by atoms with Crippen LogP contribution in [0.3, 0.4) is 0 Å². The molecule has 1 aliphatic heterocycles. The van der Waals surface area contributed by atoms with Crippen molar-refractivity contribution in [2.45, 2.75) is 32.6 Å². The third kappa shape index (κ3) is 5.14. The molecule has 1 saturated heterocycles. The van der Waals surface area contributed by atoms with Crippen LogP contribution in [0.15, 0.2) is 79.1 Å². The predicted octanol–water partition coefficient (Wildman–Crippen LogP) is 4.74. The highest BCUT2D eigenvalue weighted by Crippen LogP contribution is 2.38. The van der Waals surface area contributed by atoms with Crippen LogP contribution in [0.2, 0.25) is 0 Å². The summed E-state index contributed by atoms with van der Waals surface area (Å²) in [7, 11) is 0. The molecule has 5 heteroatoms. The summed E-state index contributed by atoms with van der Waals surface area (Å²) in [6.07, 6.45) is 6.12. The maximum absolute atomic E-state index is 13.5. The molecule has 33 heavy (non-hydrogen) atoms. The average Bonchev–Trinajstić information content (AvgIpc) is 2.88. The van der Waals surface area contributed by atoms with Crippen LogP contribution < -0.4 is 5.32 Å². The SMILES string of the molecule is CCCNC(=O)C1(Cc2ccccc2-c2ccccc2)CCN(C(=O)c2ccncc2)CC1. The Bertz CT molecular complexity index is 1070. The highest BCUT2D eigenvalue weighted by atomic mass is 16.2. The number of hydrogen-bond acceptors (Lipinski definition) is 3. The van der Waals surface area contributed by atoms with E-state index in [1.54, 1.807) is 24.5 Å². The Hall–Kier alpha value is -3.47. The number of pyridine rings is 1. The van der Waals surface area contributed by atoms with E-state index in [9.17, 15) is 9.59 Å². The van der Waals surface area contributed by atoms with Crippen molar-refractivity contribution < 1.29 is 9.59 Å². The van der Waals surface area contributed by atoms with Gasteiger partial charge in [-0.05, 0) is 54.5 Å². The molecule has 170 valence electrons. The van der Waals surface area contributed by atoms with Gasteiger partial charge in [-0.1, -0.05) is 61.5 Å². The molecule has 1 N–H and O–H groups in total. The van der Waals surface area contributed by atoms with Crippen molar-refractivity contribution in [1.29, 1.82) is 0 Å². The zero-order chi connectivity index (χ0) is 23.1. The lowest BCUT2D eigenvalue weighted by Gasteiger charge is -2.41. The lowest BCUT2D eigenvalue weighted by molar-refractivity contribution is -0.133. The van der Waals surface area contributed by atoms with Gasteiger partial charge in [0.05, 0.1) is 5.41 Å². The highest BCUT2D eigenvalue weighted by Gasteiger charge is 2.42. The van der Waals surface area contributed by atoms with Gasteiger partial charge in [-0.15, -0.1) is 0 Å². The molecule has 1 fully saturated rings. The van der Waals surface area contributed by atoms with Gasteiger partial charge >= 0.3 is 0 Å². The normalized spacial score (nSPS) is 15.1. The van der Waals surface area contributed by atoms with E-state index in [-0.39, 0.29) is 11.8 Å². The molecule has 0 radical (unpaired) electrons. The molecule has 0 unspecified atom stereocenters. The summed E-state index contributed by atoms with van der Waals surface area (Å²) in [6.45, 7) is 3.86. The van der Waals surface area contributed by atoms with E-state index in [1.165, 1.54) is 5.56 Å². The molecule has 4 rings (SSSR count). The van der Waals surface area contributed by atoms with Gasteiger partial charge in [-0.25, -0.2) is 0 Å². The molecule has 0 bridgehead atoms. The quantitative estimate of drug-likeness (QED) is 0.576. The van der Waals surface area contributed by atoms with Crippen LogP contribution in [0, 0.1) is 5.41 Å². The Kier molecular flexibility index (Phi) is 7.18. The van der Waals surface area contributed by atoms with E-state index in [0.717, 1.165) is 17.5 Å². The van der Waals surface area contributed by atoms with Gasteiger partial charge < -0.3 is 10.2 Å². The number of amides is 2. The molecule has 0 saturated carbocycles. The number of likely N-dealkylation sites (tertiary alicyclic amines) is 1. The first-order valence-corrected chi connectivity index (χ1v) is 11.7. The Balaban J connectivity index is 1.59. The van der Waals surface area contributed by atoms with Gasteiger partial charge in [0.15, 0.2) is 0 Å². The predicted molar refractivity (Wildman–Crippen MR) is 131 cm³/mol. The molecule has 3 aromatic rings. The third-order valence-corrected chi connectivity index (χ3v) is 6.58. The van der Waals surface area contributed by atoms with Gasteiger partial charge in [0.2, 0.25) is 5.91 Å². The number of piperidine rings is 1. The minimum Gasteiger partial charge on any atom is -0.356 e. The average molecular weight is 442 g/mol. The van der Waals surface area contributed by atoms with Gasteiger partial charge in [0.25, 0.3) is 5.91 Å². The lowest BCUT2D eigenvalue weighted by atomic mass is 9.72. The number of carbonyl (C=O) groups is 2. The highest BCUT2D eigenvalue weighted by molar-refractivity contribution is 5.94. The molecule has 1 aromatic heterocycles. The van der Waals surface area contributed by atoms with Crippen molar-refractivity contribution in [3.8, 4) is 11.1 Å². The maximum atomic E-state index is 13.5. The molecular weight excluding hydrogens is 410 g/mol. The minimum absolute atomic E-state index is 0.00431. The van der Waals surface area contributed by atoms with Crippen LogP contribution in [-0.2, 0) is 11.2 Å². The van der Waals surface area contributed by atoms with Crippen molar-refractivity contribution in [3.05, 3.63) is 90.3 Å². The van der Waals surface area contributed by atoms with Crippen molar-refractivity contribution in [2.24, 2.45) is 5.41 Å². The van der Waals surface area contributed by atoms with Crippen LogP contribution in [0.1, 0.15) is 42.1 Å². The first-order valence-electron chi connectivity index (χ1n) is 11.7. The van der Waals surface area contributed by atoms with Gasteiger partial charge in [0.1, 0.15) is 0 Å². The van der Waals surface area contributed by atoms with Crippen LogP contribution >= 0.6 is 0 Å². The third-order valence-electron chi connectivity index (χ3n) is 6.58. The molecule has 2 aromatic carbocycles. The van der Waals surface area contributed by atoms with Crippen molar-refractivity contribution >= 4 is 11.8 Å². The summed E-state index contributed by atoms with van der Waals surface area (Å²) in [5.41, 5.74) is 3.60. The second-order valence-electron chi connectivity index (χ2n) is 8.76. The first-order chi connectivity index (χ1) is 16.1. The summed E-state index contributed by atoms with van der Waals surface area (Å²) in [5.74, 6) is 0.105. The molecular formula is C28H31N3O2. The zero-order valence-corrected chi connectivity index (χ0v) is 19.2. The van der Waals surface area contributed by atoms with Crippen molar-refractivity contribution in [1.82, 2.24) is 15.2 Å². The summed E-state index contributed by atoms with van der Waals surface area (Å²) in [5, 5.41) is 3.15. The fraction of sp³-hybridized carbons (Fsp3) is 0.321. The molecule has 0 spiro atoms. The van der Waals surface area contributed by atoms with E-state index in [1.807, 2.05) is 35.2 Å². The maximum Gasteiger partial charge on any atom is 0.253 e. The van der Waals surface area contributed by atoms with Crippen molar-refractivity contribution in [2.75, 3.05) is 19.6 Å². The Morgan fingerprint density at radius 1 is 0.939 bits per heavy atom. The topological polar surface area (TPSA) is 62.3 Å². The standard InChI is InChI=1S/C28H31N3O2/c1-2-16-30-27(33)28(14-19-31(20-15-28)26(32)23-12-17-29-18-13-23)21-24-10-6-7-11-25(24)22-8-4-3-5-9-22/h3-13,17-18H,2,14-16,19-21H2,1H3,(H,30,33). The minimum atomic E-state index is -0.533. The number of benzene rings is 2. The largest absolute Gasteiger partial charge is 0.356 e. The zero-order valence-electron chi connectivity index (χ0n) is 19.2. The summed E-state index contributed by atoms with van der Waals surface area (Å²) in [4.78, 5) is 32.3. The van der Waals surface area contributed by atoms with Gasteiger partial charge in [-0.2, -0.15) is 0 Å². The smallest absolute Gasteiger partial charge is 0.253 e. The number of hydrogen-bond donors (Lipinski definition) is 1. The van der Waals surface area contributed by atoms with Crippen LogP contribution in [0.25, 0.3) is 11.1 Å². The first kappa shape index (κ1) is 22.7. The monoisotopic (exact) mass is 441 g/mol. The molecule has 1 aliphatic rings. The second-order valence-corrected chi connectivity index (χ2v) is 8.76. The second kappa shape index (κ2) is 10.4. The number of carbonyl (C=O) groups excluding carboxylic acids is 2. The number of rotatable bonds is 7. The fourth-order valence-electron chi connectivity index (χ4n) is 4.66. The molecule has 0 atom stereocenters. The van der Waals surface area contributed by atoms with Crippen LogP contribution in [0.4, 0.5) is 0 Å². The Morgan fingerprint density at radius 3 is 2.30 bits per heavy atom. The molecule has 5 nitrogen and oxygen atoms in total. The number of nitrogens with zero attached hydrogens (tertiary/aromatic N) is 2.